The van der Waals surface area contributed by atoms with Crippen LogP contribution in [0.1, 0.15) is 68.3 Å². The monoisotopic (exact) mass is 821 g/mol. The van der Waals surface area contributed by atoms with E-state index in [1.165, 1.54) is 24.3 Å². The number of alkyl halides is 6. The second kappa shape index (κ2) is 12.9. The van der Waals surface area contributed by atoms with E-state index in [1.807, 2.05) is 24.3 Å². The summed E-state index contributed by atoms with van der Waals surface area (Å²) in [5, 5.41) is 0. The van der Waals surface area contributed by atoms with Gasteiger partial charge in [-0.05, 0) is 0 Å². The number of hydrogen-bond donors (Lipinski definition) is 0. The van der Waals surface area contributed by atoms with Gasteiger partial charge in [0.2, 0.25) is 0 Å². The van der Waals surface area contributed by atoms with Crippen LogP contribution in [0.3, 0.4) is 0 Å². The van der Waals surface area contributed by atoms with Gasteiger partial charge in [0, 0.05) is 0 Å². The van der Waals surface area contributed by atoms with Crippen LogP contribution in [0.4, 0.5) is 26.3 Å². The number of hydrogen-bond acceptors (Lipinski definition) is 0. The summed E-state index contributed by atoms with van der Waals surface area (Å²) in [7, 11) is 17.0. The molecular weight excluding hydrogens is 785 g/mol. The average molecular weight is 824 g/mol. The van der Waals surface area contributed by atoms with E-state index in [4.69, 9.17) is 17.0 Å². The Morgan fingerprint density at radius 1 is 0.560 bits per heavy atom. The molecule has 0 saturated heterocycles. The maximum absolute atomic E-state index is 13.4. The van der Waals surface area contributed by atoms with E-state index < -0.39 is 45.0 Å². The van der Waals surface area contributed by atoms with Crippen LogP contribution in [0.25, 0.3) is 34.4 Å². The number of benzene rings is 4. The molecule has 4 aromatic carbocycles. The van der Waals surface area contributed by atoms with Crippen LogP contribution in [0.15, 0.2) is 96.1 Å². The van der Waals surface area contributed by atoms with E-state index in [-0.39, 0.29) is 19.1 Å². The van der Waals surface area contributed by atoms with E-state index >= 15 is 0 Å². The molecule has 0 spiro atoms. The molecule has 4 aromatic rings. The van der Waals surface area contributed by atoms with Crippen molar-refractivity contribution in [3.05, 3.63) is 129 Å². The third kappa shape index (κ3) is 6.14. The molecule has 0 N–H and O–H groups in total. The van der Waals surface area contributed by atoms with Gasteiger partial charge in [-0.25, -0.2) is 0 Å². The molecule has 6 rings (SSSR count). The van der Waals surface area contributed by atoms with Crippen LogP contribution in [0.2, 0.25) is 13.1 Å². The van der Waals surface area contributed by atoms with E-state index in [1.54, 1.807) is 0 Å². The third-order valence-electron chi connectivity index (χ3n) is 10.8. The van der Waals surface area contributed by atoms with E-state index in [0.29, 0.717) is 11.1 Å². The van der Waals surface area contributed by atoms with Crippen LogP contribution in [-0.4, -0.2) is 5.92 Å². The summed E-state index contributed by atoms with van der Waals surface area (Å²) in [4.78, 5) is 0. The number of halogens is 8. The van der Waals surface area contributed by atoms with Crippen molar-refractivity contribution >= 4 is 35.1 Å². The molecule has 0 aliphatic heterocycles. The third-order valence-corrected chi connectivity index (χ3v) is 62.4. The predicted octanol–water partition coefficient (Wildman–Crippen LogP) is 13.9. The van der Waals surface area contributed by atoms with Crippen LogP contribution in [0.5, 0.6) is 0 Å². The van der Waals surface area contributed by atoms with Gasteiger partial charge in [0.25, 0.3) is 0 Å². The van der Waals surface area contributed by atoms with E-state index in [2.05, 4.69) is 65.1 Å². The van der Waals surface area contributed by atoms with Gasteiger partial charge < -0.3 is 0 Å². The Morgan fingerprint density at radius 2 is 0.900 bits per heavy atom. The Kier molecular flexibility index (Phi) is 9.67. The van der Waals surface area contributed by atoms with Crippen molar-refractivity contribution in [2.75, 3.05) is 0 Å². The second-order valence-corrected chi connectivity index (χ2v) is 57.1. The molecule has 0 heterocycles. The zero-order valence-electron chi connectivity index (χ0n) is 28.6. The van der Waals surface area contributed by atoms with Gasteiger partial charge in [-0.1, -0.05) is 0 Å². The molecule has 0 saturated carbocycles. The van der Waals surface area contributed by atoms with Crippen LogP contribution < -0.4 is 0 Å². The van der Waals surface area contributed by atoms with Gasteiger partial charge in [-0.3, -0.25) is 0 Å². The fourth-order valence-corrected chi connectivity index (χ4v) is 39.6. The van der Waals surface area contributed by atoms with Gasteiger partial charge in [-0.15, -0.1) is 0 Å². The van der Waals surface area contributed by atoms with Crippen molar-refractivity contribution in [1.82, 2.24) is 0 Å². The molecule has 263 valence electrons. The van der Waals surface area contributed by atoms with Gasteiger partial charge in [-0.2, -0.15) is 0 Å². The van der Waals surface area contributed by atoms with E-state index in [0.717, 1.165) is 68.8 Å². The standard InChI is InChI=1S/2C19H16F3.C2H7Si.2ClH.Zr/c2*1-12(2)15-10-14-4-3-5-17(18(14)11-15)13-6-8-16(9-7-13)19(20,21)22;1-3-2;;;/h2*3-12H,1-2H3;3H,1-2H3;2*1H;/q;;;;;+2/p-2. The summed E-state index contributed by atoms with van der Waals surface area (Å²) < 4.78 is 80.1. The molecule has 0 amide bonds. The summed E-state index contributed by atoms with van der Waals surface area (Å²) in [6.07, 6.45) is -4.50. The summed E-state index contributed by atoms with van der Waals surface area (Å²) >= 11 is -5.20. The number of fused-ring (bicyclic) bond motifs is 2. The first-order chi connectivity index (χ1) is 23.2. The van der Waals surface area contributed by atoms with Crippen LogP contribution in [-0.2, 0) is 27.9 Å². The molecule has 10 heteroatoms. The first-order valence-electron chi connectivity index (χ1n) is 16.9. The zero-order chi connectivity index (χ0) is 36.6. The molecule has 0 fully saturated rings. The first-order valence-corrected chi connectivity index (χ1v) is 33.2. The molecule has 0 nitrogen and oxygen atoms in total. The molecule has 2 aliphatic carbocycles. The SMILES string of the molecule is CC(C)C1=Cc2c(-c3ccc(C(F)(F)F)cc3)cccc2[CH]1[Zr]([Cl])([Cl])([CH]1C(C(C)C)=Cc2c(-c3ccc(C(F)(F)F)cc3)cccc21)[SiH](C)C. The Labute approximate surface area is 299 Å². The molecule has 0 bridgehead atoms. The van der Waals surface area contributed by atoms with Gasteiger partial charge in [0.15, 0.2) is 0 Å². The molecule has 0 radical (unpaired) electrons. The molecule has 2 atom stereocenters. The topological polar surface area (TPSA) is 0 Å². The van der Waals surface area contributed by atoms with Crippen LogP contribution in [0, 0.1) is 11.8 Å². The zero-order valence-corrected chi connectivity index (χ0v) is 33.8. The van der Waals surface area contributed by atoms with Crippen molar-refractivity contribution in [2.45, 2.75) is 60.4 Å². The van der Waals surface area contributed by atoms with Gasteiger partial charge in [0.05, 0.1) is 0 Å². The average Bonchev–Trinajstić information content (AvgIpc) is 3.65. The molecular formula is C40H39Cl2F6SiZr. The van der Waals surface area contributed by atoms with Gasteiger partial charge in [0.1, 0.15) is 0 Å². The van der Waals surface area contributed by atoms with Crippen LogP contribution >= 0.6 is 17.0 Å². The van der Waals surface area contributed by atoms with Crippen molar-refractivity contribution < 1.29 is 41.9 Å². The minimum atomic E-state index is -5.20. The minimum absolute atomic E-state index is 0.0943. The Morgan fingerprint density at radius 3 is 1.18 bits per heavy atom. The fourth-order valence-electron chi connectivity index (χ4n) is 8.10. The summed E-state index contributed by atoms with van der Waals surface area (Å²) in [6.45, 7) is 13.0. The Hall–Kier alpha value is -2.38. The number of rotatable bonds is 7. The van der Waals surface area contributed by atoms with Crippen molar-refractivity contribution in [3.63, 3.8) is 0 Å². The second-order valence-electron chi connectivity index (χ2n) is 14.6. The van der Waals surface area contributed by atoms with Crippen molar-refractivity contribution in [1.29, 1.82) is 0 Å². The molecule has 0 aromatic heterocycles. The number of allylic oxidation sites excluding steroid dienone is 2. The Balaban J connectivity index is 1.55. The predicted molar refractivity (Wildman–Crippen MR) is 195 cm³/mol. The summed E-state index contributed by atoms with van der Waals surface area (Å²) in [5.41, 5.74) is 7.89. The molecule has 2 aliphatic rings. The maximum atomic E-state index is 13.4. The molecule has 2 unspecified atom stereocenters. The quantitative estimate of drug-likeness (QED) is 0.129. The normalized spacial score (nSPS) is 18.6. The molecule has 50 heavy (non-hydrogen) atoms. The Bertz CT molecular complexity index is 1870. The fraction of sp³-hybridized carbons (Fsp3) is 0.300. The summed E-state index contributed by atoms with van der Waals surface area (Å²) in [5.74, 6) is -1.73. The summed E-state index contributed by atoms with van der Waals surface area (Å²) in [6, 6.07) is 22.5. The van der Waals surface area contributed by atoms with E-state index in [9.17, 15) is 26.3 Å². The first kappa shape index (κ1) is 37.4. The van der Waals surface area contributed by atoms with Crippen molar-refractivity contribution in [3.8, 4) is 22.3 Å². The van der Waals surface area contributed by atoms with Gasteiger partial charge >= 0.3 is 301 Å². The van der Waals surface area contributed by atoms with Crippen molar-refractivity contribution in [2.24, 2.45) is 11.8 Å².